The van der Waals surface area contributed by atoms with E-state index in [0.29, 0.717) is 6.54 Å². The predicted octanol–water partition coefficient (Wildman–Crippen LogP) is 0.667. The van der Waals surface area contributed by atoms with Crippen LogP contribution in [0.15, 0.2) is 29.6 Å². The Labute approximate surface area is 143 Å². The predicted molar refractivity (Wildman–Crippen MR) is 96.2 cm³/mol. The van der Waals surface area contributed by atoms with E-state index in [9.17, 15) is 0 Å². The smallest absolute Gasteiger partial charge is 0.191 e. The second-order valence-electron chi connectivity index (χ2n) is 5.53. The van der Waals surface area contributed by atoms with Crippen LogP contribution in [-0.4, -0.2) is 53.4 Å². The van der Waals surface area contributed by atoms with Gasteiger partial charge in [0.25, 0.3) is 0 Å². The summed E-state index contributed by atoms with van der Waals surface area (Å²) in [4.78, 5) is 10.7. The van der Waals surface area contributed by atoms with E-state index in [1.807, 2.05) is 29.6 Å². The zero-order valence-corrected chi connectivity index (χ0v) is 14.8. The van der Waals surface area contributed by atoms with Gasteiger partial charge >= 0.3 is 0 Å². The van der Waals surface area contributed by atoms with Crippen molar-refractivity contribution >= 4 is 11.8 Å². The molecular formula is C16H26N8. The number of anilines is 1. The summed E-state index contributed by atoms with van der Waals surface area (Å²) in [6, 6.07) is 4.01. The summed E-state index contributed by atoms with van der Waals surface area (Å²) in [7, 11) is 5.74. The Morgan fingerprint density at radius 3 is 2.88 bits per heavy atom. The van der Waals surface area contributed by atoms with Crippen LogP contribution in [0, 0.1) is 0 Å². The van der Waals surface area contributed by atoms with E-state index in [1.165, 1.54) is 0 Å². The summed E-state index contributed by atoms with van der Waals surface area (Å²) in [6.45, 7) is 4.28. The average molecular weight is 330 g/mol. The Bertz CT molecular complexity index is 662. The molecule has 0 atom stereocenters. The highest BCUT2D eigenvalue weighted by Gasteiger charge is 2.06. The van der Waals surface area contributed by atoms with Gasteiger partial charge in [-0.15, -0.1) is 10.2 Å². The van der Waals surface area contributed by atoms with E-state index in [4.69, 9.17) is 0 Å². The van der Waals surface area contributed by atoms with Crippen LogP contribution >= 0.6 is 0 Å². The zero-order chi connectivity index (χ0) is 17.4. The summed E-state index contributed by atoms with van der Waals surface area (Å²) in [5.41, 5.74) is 1.12. The molecule has 0 aliphatic rings. The first-order valence-electron chi connectivity index (χ1n) is 8.08. The molecule has 0 unspecified atom stereocenters. The van der Waals surface area contributed by atoms with E-state index >= 15 is 0 Å². The van der Waals surface area contributed by atoms with E-state index < -0.39 is 0 Å². The maximum atomic E-state index is 4.41. The second-order valence-corrected chi connectivity index (χ2v) is 5.53. The van der Waals surface area contributed by atoms with E-state index in [2.05, 4.69) is 43.8 Å². The van der Waals surface area contributed by atoms with Crippen molar-refractivity contribution in [2.45, 2.75) is 26.4 Å². The van der Waals surface area contributed by atoms with E-state index in [1.54, 1.807) is 19.6 Å². The minimum atomic E-state index is 0.661. The van der Waals surface area contributed by atoms with Crippen molar-refractivity contribution in [2.75, 3.05) is 32.6 Å². The highest BCUT2D eigenvalue weighted by atomic mass is 15.3. The summed E-state index contributed by atoms with van der Waals surface area (Å²) in [5.74, 6) is 2.71. The first-order chi connectivity index (χ1) is 11.7. The maximum Gasteiger partial charge on any atom is 0.191 e. The fourth-order valence-electron chi connectivity index (χ4n) is 2.40. The molecule has 0 aromatic carbocycles. The SMILES string of the molecule is CCc1nncn1CCNC(=NC)NCc1cccnc1N(C)C. The molecule has 2 aromatic rings. The minimum absolute atomic E-state index is 0.661. The third-order valence-corrected chi connectivity index (χ3v) is 3.62. The molecule has 2 aromatic heterocycles. The standard InChI is InChI=1S/C16H26N8/c1-5-14-22-21-12-24(14)10-9-19-16(17-2)20-11-13-7-6-8-18-15(13)23(3)4/h6-8,12H,5,9-11H2,1-4H3,(H2,17,19,20). The Kier molecular flexibility index (Phi) is 6.53. The molecule has 24 heavy (non-hydrogen) atoms. The molecule has 130 valence electrons. The molecule has 8 heteroatoms. The van der Waals surface area contributed by atoms with E-state index in [-0.39, 0.29) is 0 Å². The fraction of sp³-hybridized carbons (Fsp3) is 0.500. The Balaban J connectivity index is 1.85. The molecule has 0 fully saturated rings. The second kappa shape index (κ2) is 8.85. The number of aryl methyl sites for hydroxylation is 1. The van der Waals surface area contributed by atoms with Crippen LogP contribution in [0.1, 0.15) is 18.3 Å². The number of nitrogens with one attached hydrogen (secondary N) is 2. The quantitative estimate of drug-likeness (QED) is 0.573. The van der Waals surface area contributed by atoms with Crippen LogP contribution in [0.2, 0.25) is 0 Å². The number of hydrogen-bond donors (Lipinski definition) is 2. The highest BCUT2D eigenvalue weighted by molar-refractivity contribution is 5.79. The monoisotopic (exact) mass is 330 g/mol. The zero-order valence-electron chi connectivity index (χ0n) is 14.8. The van der Waals surface area contributed by atoms with Crippen LogP contribution in [0.5, 0.6) is 0 Å². The number of pyridine rings is 1. The van der Waals surface area contributed by atoms with Gasteiger partial charge in [-0.05, 0) is 6.07 Å². The van der Waals surface area contributed by atoms with Crippen molar-refractivity contribution in [1.82, 2.24) is 30.4 Å². The number of guanidine groups is 1. The third kappa shape index (κ3) is 4.68. The molecule has 0 saturated carbocycles. The van der Waals surface area contributed by atoms with Gasteiger partial charge in [0.05, 0.1) is 0 Å². The third-order valence-electron chi connectivity index (χ3n) is 3.62. The maximum absolute atomic E-state index is 4.41. The number of nitrogens with zero attached hydrogens (tertiary/aromatic N) is 6. The van der Waals surface area contributed by atoms with Gasteiger partial charge in [-0.25, -0.2) is 4.98 Å². The van der Waals surface area contributed by atoms with Gasteiger partial charge in [-0.2, -0.15) is 0 Å². The van der Waals surface area contributed by atoms with E-state index in [0.717, 1.165) is 42.7 Å². The number of hydrogen-bond acceptors (Lipinski definition) is 5. The number of aliphatic imine (C=N–C) groups is 1. The normalized spacial score (nSPS) is 11.4. The fourth-order valence-corrected chi connectivity index (χ4v) is 2.40. The Hall–Kier alpha value is -2.64. The van der Waals surface area contributed by atoms with Crippen LogP contribution < -0.4 is 15.5 Å². The summed E-state index contributed by atoms with van der Waals surface area (Å²) in [6.07, 6.45) is 4.44. The highest BCUT2D eigenvalue weighted by Crippen LogP contribution is 2.13. The molecule has 0 bridgehead atoms. The van der Waals surface area contributed by atoms with Crippen molar-refractivity contribution < 1.29 is 0 Å². The lowest BCUT2D eigenvalue weighted by molar-refractivity contribution is 0.632. The van der Waals surface area contributed by atoms with Crippen molar-refractivity contribution in [3.8, 4) is 0 Å². The number of rotatable bonds is 7. The molecule has 0 aliphatic heterocycles. The van der Waals surface area contributed by atoms with Crippen molar-refractivity contribution in [3.63, 3.8) is 0 Å². The van der Waals surface area contributed by atoms with Crippen molar-refractivity contribution in [1.29, 1.82) is 0 Å². The van der Waals surface area contributed by atoms with Crippen molar-refractivity contribution in [2.24, 2.45) is 4.99 Å². The topological polar surface area (TPSA) is 83.3 Å². The Morgan fingerprint density at radius 1 is 1.33 bits per heavy atom. The summed E-state index contributed by atoms with van der Waals surface area (Å²) < 4.78 is 2.05. The molecule has 0 saturated heterocycles. The molecule has 2 rings (SSSR count). The van der Waals surface area contributed by atoms with Gasteiger partial charge in [0, 0.05) is 59.0 Å². The molecule has 0 aliphatic carbocycles. The van der Waals surface area contributed by atoms with Gasteiger partial charge < -0.3 is 20.1 Å². The molecular weight excluding hydrogens is 304 g/mol. The van der Waals surface area contributed by atoms with Crippen LogP contribution in [0.25, 0.3) is 0 Å². The van der Waals surface area contributed by atoms with Crippen LogP contribution in [-0.2, 0) is 19.5 Å². The Morgan fingerprint density at radius 2 is 2.17 bits per heavy atom. The first kappa shape index (κ1) is 17.7. The van der Waals surface area contributed by atoms with Gasteiger partial charge in [0.2, 0.25) is 0 Å². The summed E-state index contributed by atoms with van der Waals surface area (Å²) >= 11 is 0. The lowest BCUT2D eigenvalue weighted by atomic mass is 10.2. The minimum Gasteiger partial charge on any atom is -0.362 e. The summed E-state index contributed by atoms with van der Waals surface area (Å²) in [5, 5.41) is 14.7. The largest absolute Gasteiger partial charge is 0.362 e. The number of aromatic nitrogens is 4. The van der Waals surface area contributed by atoms with Crippen LogP contribution in [0.4, 0.5) is 5.82 Å². The van der Waals surface area contributed by atoms with Gasteiger partial charge in [-0.1, -0.05) is 13.0 Å². The lowest BCUT2D eigenvalue weighted by Gasteiger charge is -2.17. The van der Waals surface area contributed by atoms with Gasteiger partial charge in [0.15, 0.2) is 5.96 Å². The van der Waals surface area contributed by atoms with Gasteiger partial charge in [-0.3, -0.25) is 4.99 Å². The van der Waals surface area contributed by atoms with Crippen LogP contribution in [0.3, 0.4) is 0 Å². The lowest BCUT2D eigenvalue weighted by Crippen LogP contribution is -2.38. The first-order valence-corrected chi connectivity index (χ1v) is 8.08. The van der Waals surface area contributed by atoms with Crippen molar-refractivity contribution in [3.05, 3.63) is 36.0 Å². The molecule has 8 nitrogen and oxygen atoms in total. The van der Waals surface area contributed by atoms with Gasteiger partial charge in [0.1, 0.15) is 18.0 Å². The molecule has 0 radical (unpaired) electrons. The molecule has 0 spiro atoms. The molecule has 2 N–H and O–H groups in total. The molecule has 2 heterocycles. The molecule has 0 amide bonds. The average Bonchev–Trinajstić information content (AvgIpc) is 3.05.